The molecule has 1 aliphatic heterocycles. The minimum atomic E-state index is -1.11. The van der Waals surface area contributed by atoms with Gasteiger partial charge in [-0.2, -0.15) is 0 Å². The second-order valence-corrected chi connectivity index (χ2v) is 8.65. The van der Waals surface area contributed by atoms with Gasteiger partial charge in [0.1, 0.15) is 6.04 Å². The van der Waals surface area contributed by atoms with Crippen molar-refractivity contribution in [2.75, 3.05) is 11.9 Å². The van der Waals surface area contributed by atoms with E-state index < -0.39 is 18.1 Å². The van der Waals surface area contributed by atoms with Crippen LogP contribution in [-0.4, -0.2) is 42.7 Å². The van der Waals surface area contributed by atoms with E-state index in [0.29, 0.717) is 5.71 Å². The minimum Gasteiger partial charge on any atom is -0.344 e. The van der Waals surface area contributed by atoms with Crippen molar-refractivity contribution in [1.29, 1.82) is 0 Å². The third-order valence-corrected chi connectivity index (χ3v) is 6.19. The summed E-state index contributed by atoms with van der Waals surface area (Å²) < 4.78 is 0. The van der Waals surface area contributed by atoms with Crippen molar-refractivity contribution in [3.8, 4) is 0 Å². The van der Waals surface area contributed by atoms with Gasteiger partial charge < -0.3 is 15.5 Å². The molecule has 2 aromatic rings. The lowest BCUT2D eigenvalue weighted by Gasteiger charge is -2.23. The molecule has 1 unspecified atom stereocenters. The molecule has 0 aromatic heterocycles. The standard InChI is InChI=1S/C27H34N4O3/c1-5-7-13-19(6-2)26(33)28-18(3)25(32)30-24-27(34)31(4)22-17-12-11-16-21(22)23(29-24)20-14-9-8-10-15-20/h8-12,14-19,24H,5-7,13H2,1-4H3,(H,28,33)(H,30,32)/t18-,19?,24+/m0/s1. The van der Waals surface area contributed by atoms with Crippen LogP contribution in [0.15, 0.2) is 59.6 Å². The maximum atomic E-state index is 13.3. The Kier molecular flexibility index (Phi) is 8.57. The van der Waals surface area contributed by atoms with Crippen molar-refractivity contribution in [1.82, 2.24) is 10.6 Å². The van der Waals surface area contributed by atoms with Gasteiger partial charge in [-0.25, -0.2) is 4.99 Å². The van der Waals surface area contributed by atoms with E-state index in [1.807, 2.05) is 61.5 Å². The van der Waals surface area contributed by atoms with Crippen molar-refractivity contribution in [3.63, 3.8) is 0 Å². The molecule has 2 aromatic carbocycles. The number of benzene rings is 2. The maximum Gasteiger partial charge on any atom is 0.272 e. The summed E-state index contributed by atoms with van der Waals surface area (Å²) >= 11 is 0. The van der Waals surface area contributed by atoms with Gasteiger partial charge in [-0.05, 0) is 25.8 Å². The zero-order chi connectivity index (χ0) is 24.7. The summed E-state index contributed by atoms with van der Waals surface area (Å²) in [5.74, 6) is -1.06. The first-order valence-electron chi connectivity index (χ1n) is 12.0. The Labute approximate surface area is 201 Å². The number of benzodiazepines with no additional fused rings is 1. The fraction of sp³-hybridized carbons (Fsp3) is 0.407. The van der Waals surface area contributed by atoms with Gasteiger partial charge in [0.25, 0.3) is 5.91 Å². The Hall–Kier alpha value is -3.48. The minimum absolute atomic E-state index is 0.127. The van der Waals surface area contributed by atoms with Gasteiger partial charge in [-0.15, -0.1) is 0 Å². The largest absolute Gasteiger partial charge is 0.344 e. The third kappa shape index (κ3) is 5.71. The van der Waals surface area contributed by atoms with E-state index in [-0.39, 0.29) is 17.7 Å². The lowest BCUT2D eigenvalue weighted by molar-refractivity contribution is -0.132. The smallest absolute Gasteiger partial charge is 0.272 e. The number of anilines is 1. The molecule has 0 spiro atoms. The molecule has 2 N–H and O–H groups in total. The Bertz CT molecular complexity index is 1050. The molecule has 3 amide bonds. The second kappa shape index (κ2) is 11.6. The molecule has 3 atom stereocenters. The Morgan fingerprint density at radius 3 is 2.38 bits per heavy atom. The highest BCUT2D eigenvalue weighted by Crippen LogP contribution is 2.27. The highest BCUT2D eigenvalue weighted by molar-refractivity contribution is 6.20. The molecule has 3 rings (SSSR count). The predicted molar refractivity (Wildman–Crippen MR) is 135 cm³/mol. The van der Waals surface area contributed by atoms with Crippen LogP contribution in [0.3, 0.4) is 0 Å². The van der Waals surface area contributed by atoms with Gasteiger partial charge in [0.2, 0.25) is 18.0 Å². The Morgan fingerprint density at radius 2 is 1.71 bits per heavy atom. The number of fused-ring (bicyclic) bond motifs is 1. The average molecular weight is 463 g/mol. The van der Waals surface area contributed by atoms with Crippen molar-refractivity contribution >= 4 is 29.1 Å². The van der Waals surface area contributed by atoms with Gasteiger partial charge in [0, 0.05) is 24.1 Å². The zero-order valence-corrected chi connectivity index (χ0v) is 20.4. The molecule has 0 bridgehead atoms. The molecule has 7 nitrogen and oxygen atoms in total. The number of hydrogen-bond acceptors (Lipinski definition) is 4. The average Bonchev–Trinajstić information content (AvgIpc) is 2.95. The zero-order valence-electron chi connectivity index (χ0n) is 20.4. The van der Waals surface area contributed by atoms with Gasteiger partial charge in [0.15, 0.2) is 0 Å². The number of rotatable bonds is 9. The number of para-hydroxylation sites is 1. The third-order valence-electron chi connectivity index (χ3n) is 6.19. The first-order chi connectivity index (χ1) is 16.4. The quantitative estimate of drug-likeness (QED) is 0.596. The van der Waals surface area contributed by atoms with Gasteiger partial charge in [-0.1, -0.05) is 75.2 Å². The number of amides is 3. The van der Waals surface area contributed by atoms with Crippen LogP contribution in [0.1, 0.15) is 57.6 Å². The number of hydrogen-bond donors (Lipinski definition) is 2. The molecule has 1 aliphatic rings. The molecule has 0 fully saturated rings. The summed E-state index contributed by atoms with van der Waals surface area (Å²) in [4.78, 5) is 45.1. The number of unbranched alkanes of at least 4 members (excludes halogenated alkanes) is 1. The van der Waals surface area contributed by atoms with Gasteiger partial charge in [0.05, 0.1) is 11.4 Å². The predicted octanol–water partition coefficient (Wildman–Crippen LogP) is 3.66. The first-order valence-corrected chi connectivity index (χ1v) is 12.0. The number of nitrogens with one attached hydrogen (secondary N) is 2. The summed E-state index contributed by atoms with van der Waals surface area (Å²) in [7, 11) is 1.68. The second-order valence-electron chi connectivity index (χ2n) is 8.65. The molecule has 0 radical (unpaired) electrons. The molecule has 1 heterocycles. The van der Waals surface area contributed by atoms with Crippen LogP contribution in [0, 0.1) is 5.92 Å². The molecular weight excluding hydrogens is 428 g/mol. The topological polar surface area (TPSA) is 90.9 Å². The monoisotopic (exact) mass is 462 g/mol. The van der Waals surface area contributed by atoms with E-state index in [2.05, 4.69) is 17.6 Å². The number of likely N-dealkylation sites (N-methyl/N-ethyl adjacent to an activating group) is 1. The van der Waals surface area contributed by atoms with E-state index in [1.165, 1.54) is 4.90 Å². The maximum absolute atomic E-state index is 13.3. The molecule has 0 saturated heterocycles. The molecule has 34 heavy (non-hydrogen) atoms. The van der Waals surface area contributed by atoms with Crippen LogP contribution >= 0.6 is 0 Å². The van der Waals surface area contributed by atoms with Gasteiger partial charge in [-0.3, -0.25) is 14.4 Å². The van der Waals surface area contributed by atoms with E-state index in [4.69, 9.17) is 4.99 Å². The Morgan fingerprint density at radius 1 is 1.03 bits per heavy atom. The molecule has 180 valence electrons. The van der Waals surface area contributed by atoms with Crippen LogP contribution in [0.5, 0.6) is 0 Å². The Balaban J connectivity index is 1.83. The van der Waals surface area contributed by atoms with Crippen molar-refractivity contribution in [3.05, 3.63) is 65.7 Å². The summed E-state index contributed by atoms with van der Waals surface area (Å²) in [6, 6.07) is 16.3. The van der Waals surface area contributed by atoms with Crippen LogP contribution < -0.4 is 15.5 Å². The van der Waals surface area contributed by atoms with Crippen molar-refractivity contribution < 1.29 is 14.4 Å². The number of nitrogens with zero attached hydrogens (tertiary/aromatic N) is 2. The molecule has 0 saturated carbocycles. The summed E-state index contributed by atoms with van der Waals surface area (Å²) in [6.45, 7) is 5.69. The van der Waals surface area contributed by atoms with Crippen LogP contribution in [0.25, 0.3) is 0 Å². The molecular formula is C27H34N4O3. The van der Waals surface area contributed by atoms with Crippen LogP contribution in [0.4, 0.5) is 5.69 Å². The fourth-order valence-corrected chi connectivity index (χ4v) is 4.07. The lowest BCUT2D eigenvalue weighted by atomic mass is 9.98. The summed E-state index contributed by atoms with van der Waals surface area (Å²) in [6.07, 6.45) is 2.38. The van der Waals surface area contributed by atoms with E-state index >= 15 is 0 Å². The highest BCUT2D eigenvalue weighted by Gasteiger charge is 2.32. The van der Waals surface area contributed by atoms with Crippen molar-refractivity contribution in [2.45, 2.75) is 58.7 Å². The SMILES string of the molecule is CCCCC(CC)C(=O)N[C@@H](C)C(=O)N[C@H]1N=C(c2ccccc2)c2ccccc2N(C)C1=O. The normalized spacial score (nSPS) is 17.2. The number of aliphatic imine (C=N–C) groups is 1. The van der Waals surface area contributed by atoms with E-state index in [0.717, 1.165) is 42.5 Å². The van der Waals surface area contributed by atoms with Crippen molar-refractivity contribution in [2.24, 2.45) is 10.9 Å². The molecule has 7 heteroatoms. The van der Waals surface area contributed by atoms with E-state index in [9.17, 15) is 14.4 Å². The fourth-order valence-electron chi connectivity index (χ4n) is 4.07. The molecule has 0 aliphatic carbocycles. The van der Waals surface area contributed by atoms with Gasteiger partial charge >= 0.3 is 0 Å². The highest BCUT2D eigenvalue weighted by atomic mass is 16.2. The van der Waals surface area contributed by atoms with Crippen LogP contribution in [-0.2, 0) is 14.4 Å². The summed E-state index contributed by atoms with van der Waals surface area (Å²) in [5, 5.41) is 5.55. The number of carbonyl (C=O) groups excluding carboxylic acids is 3. The van der Waals surface area contributed by atoms with E-state index in [1.54, 1.807) is 14.0 Å². The first kappa shape index (κ1) is 25.1. The summed E-state index contributed by atoms with van der Waals surface area (Å²) in [5.41, 5.74) is 3.00. The number of carbonyl (C=O) groups is 3. The lowest BCUT2D eigenvalue weighted by Crippen LogP contribution is -2.53. The van der Waals surface area contributed by atoms with Crippen LogP contribution in [0.2, 0.25) is 0 Å².